The van der Waals surface area contributed by atoms with Gasteiger partial charge in [0.15, 0.2) is 4.21 Å². The van der Waals surface area contributed by atoms with Crippen LogP contribution in [0.2, 0.25) is 0 Å². The van der Waals surface area contributed by atoms with Gasteiger partial charge in [-0.05, 0) is 25.1 Å². The largest absolute Gasteiger partial charge is 0.478 e. The molecule has 0 aliphatic heterocycles. The van der Waals surface area contributed by atoms with E-state index < -0.39 is 20.9 Å². The minimum Gasteiger partial charge on any atom is -0.478 e. The molecule has 10 heteroatoms. The van der Waals surface area contributed by atoms with Gasteiger partial charge in [-0.2, -0.15) is 0 Å². The average molecular weight is 329 g/mol. The molecule has 8 nitrogen and oxygen atoms in total. The highest BCUT2D eigenvalue weighted by molar-refractivity contribution is 7.94. The van der Waals surface area contributed by atoms with E-state index >= 15 is 0 Å². The molecule has 1 heterocycles. The maximum absolute atomic E-state index is 12.2. The number of carboxylic acid groups (broad SMARTS) is 1. The van der Waals surface area contributed by atoms with Gasteiger partial charge in [0, 0.05) is 11.4 Å². The van der Waals surface area contributed by atoms with Crippen LogP contribution in [-0.4, -0.2) is 24.5 Å². The summed E-state index contributed by atoms with van der Waals surface area (Å²) in [4.78, 5) is 24.2. The summed E-state index contributed by atoms with van der Waals surface area (Å²) in [7, 11) is -4.06. The summed E-state index contributed by atoms with van der Waals surface area (Å²) in [5, 5.41) is 9.07. The van der Waals surface area contributed by atoms with Crippen LogP contribution < -0.4 is 15.3 Å². The molecule has 0 saturated heterocycles. The number of thiazole rings is 1. The maximum atomic E-state index is 12.2. The van der Waals surface area contributed by atoms with Crippen molar-refractivity contribution in [2.45, 2.75) is 11.1 Å². The smallest absolute Gasteiger partial charge is 0.337 e. The molecule has 0 unspecified atom stereocenters. The summed E-state index contributed by atoms with van der Waals surface area (Å²) >= 11 is 0.524. The van der Waals surface area contributed by atoms with Gasteiger partial charge in [0.05, 0.1) is 11.3 Å². The number of nitrogen functional groups attached to an aromatic ring is 1. The molecule has 0 saturated carbocycles. The van der Waals surface area contributed by atoms with Crippen LogP contribution in [0.1, 0.15) is 16.1 Å². The fourth-order valence-corrected chi connectivity index (χ4v) is 4.05. The third-order valence-electron chi connectivity index (χ3n) is 2.54. The number of carbonyl (C=O) groups is 1. The van der Waals surface area contributed by atoms with Crippen molar-refractivity contribution < 1.29 is 18.3 Å². The van der Waals surface area contributed by atoms with Crippen LogP contribution in [0.15, 0.2) is 27.2 Å². The lowest BCUT2D eigenvalue weighted by molar-refractivity contribution is 0.0698. The van der Waals surface area contributed by atoms with Crippen LogP contribution in [0, 0.1) is 6.92 Å². The fourth-order valence-electron chi connectivity index (χ4n) is 1.67. The fraction of sp³-hybridized carbons (Fsp3) is 0.0909. The summed E-state index contributed by atoms with van der Waals surface area (Å²) in [6.45, 7) is 1.44. The normalized spacial score (nSPS) is 11.3. The molecule has 0 aliphatic rings. The molecule has 0 radical (unpaired) electrons. The minimum absolute atomic E-state index is 0.128. The first-order valence-electron chi connectivity index (χ1n) is 5.56. The van der Waals surface area contributed by atoms with Gasteiger partial charge >= 0.3 is 10.8 Å². The first-order chi connectivity index (χ1) is 9.70. The molecule has 2 aromatic rings. The Morgan fingerprint density at radius 1 is 1.43 bits per heavy atom. The Morgan fingerprint density at radius 2 is 2.10 bits per heavy atom. The van der Waals surface area contributed by atoms with Crippen LogP contribution in [0.5, 0.6) is 0 Å². The van der Waals surface area contributed by atoms with Gasteiger partial charge in [0.2, 0.25) is 0 Å². The third kappa shape index (κ3) is 3.06. The number of anilines is 2. The predicted molar refractivity (Wildman–Crippen MR) is 78.3 cm³/mol. The summed E-state index contributed by atoms with van der Waals surface area (Å²) in [5.41, 5.74) is 5.45. The van der Waals surface area contributed by atoms with Crippen molar-refractivity contribution in [2.24, 2.45) is 0 Å². The SMILES string of the molecule is Cc1[nH]c(=O)sc1S(=O)(=O)Nc1ccc(N)cc1C(=O)O. The number of aromatic amines is 1. The lowest BCUT2D eigenvalue weighted by Gasteiger charge is -2.10. The first-order valence-corrected chi connectivity index (χ1v) is 7.86. The average Bonchev–Trinajstić information content (AvgIpc) is 2.71. The maximum Gasteiger partial charge on any atom is 0.337 e. The van der Waals surface area contributed by atoms with Gasteiger partial charge in [-0.3, -0.25) is 9.52 Å². The van der Waals surface area contributed by atoms with Gasteiger partial charge in [-0.1, -0.05) is 11.3 Å². The number of hydrogen-bond acceptors (Lipinski definition) is 6. The second-order valence-corrected chi connectivity index (χ2v) is 7.00. The number of rotatable bonds is 4. The number of aromatic carboxylic acids is 1. The van der Waals surface area contributed by atoms with Crippen molar-refractivity contribution in [2.75, 3.05) is 10.5 Å². The Morgan fingerprint density at radius 3 is 2.62 bits per heavy atom. The number of aromatic nitrogens is 1. The molecule has 0 fully saturated rings. The number of nitrogens with two attached hydrogens (primary N) is 1. The minimum atomic E-state index is -4.06. The second kappa shape index (κ2) is 5.22. The van der Waals surface area contributed by atoms with Gasteiger partial charge in [-0.25, -0.2) is 13.2 Å². The molecule has 112 valence electrons. The lowest BCUT2D eigenvalue weighted by atomic mass is 10.1. The molecule has 0 aliphatic carbocycles. The van der Waals surface area contributed by atoms with E-state index in [-0.39, 0.29) is 26.8 Å². The van der Waals surface area contributed by atoms with Crippen LogP contribution in [0.3, 0.4) is 0 Å². The number of nitrogens with one attached hydrogen (secondary N) is 2. The molecule has 0 atom stereocenters. The second-order valence-electron chi connectivity index (χ2n) is 4.14. The van der Waals surface area contributed by atoms with Crippen molar-refractivity contribution in [3.05, 3.63) is 39.1 Å². The molecular formula is C11H11N3O5S2. The van der Waals surface area contributed by atoms with Crippen LogP contribution in [0.25, 0.3) is 0 Å². The van der Waals surface area contributed by atoms with E-state index in [1.807, 2.05) is 0 Å². The summed E-state index contributed by atoms with van der Waals surface area (Å²) in [6, 6.07) is 3.77. The number of carboxylic acids is 1. The summed E-state index contributed by atoms with van der Waals surface area (Å²) in [5.74, 6) is -1.32. The van der Waals surface area contributed by atoms with E-state index in [9.17, 15) is 18.0 Å². The van der Waals surface area contributed by atoms with Gasteiger partial charge in [0.25, 0.3) is 10.0 Å². The van der Waals surface area contributed by atoms with E-state index in [1.54, 1.807) is 0 Å². The zero-order valence-corrected chi connectivity index (χ0v) is 12.3. The van der Waals surface area contributed by atoms with E-state index in [2.05, 4.69) is 9.71 Å². The summed E-state index contributed by atoms with van der Waals surface area (Å²) in [6.07, 6.45) is 0. The molecular weight excluding hydrogens is 318 g/mol. The van der Waals surface area contributed by atoms with Gasteiger partial charge < -0.3 is 15.8 Å². The monoisotopic (exact) mass is 329 g/mol. The van der Waals surface area contributed by atoms with E-state index in [0.717, 1.165) is 6.07 Å². The van der Waals surface area contributed by atoms with Crippen molar-refractivity contribution in [1.82, 2.24) is 4.98 Å². The lowest BCUT2D eigenvalue weighted by Crippen LogP contribution is -2.15. The highest BCUT2D eigenvalue weighted by Gasteiger charge is 2.23. The van der Waals surface area contributed by atoms with Crippen molar-refractivity contribution in [1.29, 1.82) is 0 Å². The third-order valence-corrected chi connectivity index (χ3v) is 5.51. The highest BCUT2D eigenvalue weighted by atomic mass is 32.2. The Balaban J connectivity index is 2.49. The number of benzene rings is 1. The molecule has 1 aromatic carbocycles. The topological polar surface area (TPSA) is 142 Å². The van der Waals surface area contributed by atoms with Crippen LogP contribution in [0.4, 0.5) is 11.4 Å². The zero-order chi connectivity index (χ0) is 15.8. The highest BCUT2D eigenvalue weighted by Crippen LogP contribution is 2.24. The standard InChI is InChI=1S/C11H11N3O5S2/c1-5-10(20-11(17)13-5)21(18,19)14-8-3-2-6(12)4-7(8)9(15)16/h2-4,14H,12H2,1H3,(H,13,17)(H,15,16). The van der Waals surface area contributed by atoms with E-state index in [0.29, 0.717) is 11.3 Å². The number of sulfonamides is 1. The Bertz CT molecular complexity index is 866. The molecule has 5 N–H and O–H groups in total. The van der Waals surface area contributed by atoms with Crippen LogP contribution in [-0.2, 0) is 10.0 Å². The van der Waals surface area contributed by atoms with Crippen molar-refractivity contribution in [3.8, 4) is 0 Å². The van der Waals surface area contributed by atoms with Gasteiger partial charge in [0.1, 0.15) is 0 Å². The van der Waals surface area contributed by atoms with E-state index in [1.165, 1.54) is 19.1 Å². The zero-order valence-electron chi connectivity index (χ0n) is 10.7. The first kappa shape index (κ1) is 15.1. The molecule has 0 spiro atoms. The van der Waals surface area contributed by atoms with Crippen molar-refractivity contribution in [3.63, 3.8) is 0 Å². The predicted octanol–water partition coefficient (Wildman–Crippen LogP) is 0.826. The number of hydrogen-bond donors (Lipinski definition) is 4. The number of aryl methyl sites for hydroxylation is 1. The number of H-pyrrole nitrogens is 1. The Labute approximate surface area is 123 Å². The van der Waals surface area contributed by atoms with Crippen molar-refractivity contribution >= 4 is 38.7 Å². The Kier molecular flexibility index (Phi) is 3.75. The molecule has 1 aromatic heterocycles. The molecule has 2 rings (SSSR count). The molecule has 0 amide bonds. The Hall–Kier alpha value is -2.33. The quantitative estimate of drug-likeness (QED) is 0.612. The van der Waals surface area contributed by atoms with Crippen LogP contribution >= 0.6 is 11.3 Å². The van der Waals surface area contributed by atoms with Gasteiger partial charge in [-0.15, -0.1) is 0 Å². The van der Waals surface area contributed by atoms with E-state index in [4.69, 9.17) is 10.8 Å². The molecule has 0 bridgehead atoms. The molecule has 21 heavy (non-hydrogen) atoms. The summed E-state index contributed by atoms with van der Waals surface area (Å²) < 4.78 is 26.4.